The van der Waals surface area contributed by atoms with Crippen LogP contribution in [0.2, 0.25) is 0 Å². The molecule has 1 heterocycles. The molecule has 3 nitrogen and oxygen atoms in total. The quantitative estimate of drug-likeness (QED) is 0.284. The number of nitrogens with zero attached hydrogens (tertiary/aromatic N) is 1. The lowest BCUT2D eigenvalue weighted by Crippen LogP contribution is -2.53. The number of hydrogen-bond acceptors (Lipinski definition) is 3. The van der Waals surface area contributed by atoms with Crippen LogP contribution in [-0.2, 0) is 16.7 Å². The van der Waals surface area contributed by atoms with E-state index in [-0.39, 0.29) is 11.8 Å². The minimum atomic E-state index is -0.465. The van der Waals surface area contributed by atoms with E-state index in [1.54, 1.807) is 7.11 Å². The van der Waals surface area contributed by atoms with Crippen LogP contribution in [0.15, 0.2) is 121 Å². The van der Waals surface area contributed by atoms with Gasteiger partial charge in [0.1, 0.15) is 0 Å². The molecule has 0 radical (unpaired) electrons. The average Bonchev–Trinajstić information content (AvgIpc) is 2.96. The Bertz CT molecular complexity index is 1120. The largest absolute Gasteiger partial charge is 0.391 e. The predicted molar refractivity (Wildman–Crippen MR) is 150 cm³/mol. The summed E-state index contributed by atoms with van der Waals surface area (Å²) < 4.78 is 5.97. The third-order valence-corrected chi connectivity index (χ3v) is 8.07. The first-order valence-electron chi connectivity index (χ1n) is 13.3. The minimum absolute atomic E-state index is 0.0403. The number of likely N-dealkylation sites (tertiary alicyclic amines) is 1. The van der Waals surface area contributed by atoms with Crippen LogP contribution in [0.25, 0.3) is 0 Å². The van der Waals surface area contributed by atoms with E-state index in [0.717, 1.165) is 19.5 Å². The molecule has 1 aliphatic rings. The number of benzene rings is 4. The molecule has 1 saturated heterocycles. The van der Waals surface area contributed by atoms with E-state index in [0.29, 0.717) is 13.2 Å². The van der Waals surface area contributed by atoms with E-state index in [4.69, 9.17) is 4.74 Å². The molecule has 1 fully saturated rings. The van der Waals surface area contributed by atoms with Crippen LogP contribution >= 0.6 is 0 Å². The fraction of sp³-hybridized carbons (Fsp3) is 0.294. The maximum atomic E-state index is 11.7. The Morgan fingerprint density at radius 1 is 0.757 bits per heavy atom. The van der Waals surface area contributed by atoms with Crippen molar-refractivity contribution < 1.29 is 9.84 Å². The minimum Gasteiger partial charge on any atom is -0.391 e. The Morgan fingerprint density at radius 3 is 1.65 bits per heavy atom. The molecule has 3 unspecified atom stereocenters. The Hall–Kier alpha value is -3.24. The number of hydrogen-bond donors (Lipinski definition) is 1. The van der Waals surface area contributed by atoms with E-state index in [9.17, 15) is 5.11 Å². The number of rotatable bonds is 9. The predicted octanol–water partition coefficient (Wildman–Crippen LogP) is 6.17. The van der Waals surface area contributed by atoms with Crippen LogP contribution in [0.5, 0.6) is 0 Å². The molecule has 1 N–H and O–H groups in total. The van der Waals surface area contributed by atoms with Crippen molar-refractivity contribution in [3.63, 3.8) is 0 Å². The van der Waals surface area contributed by atoms with Crippen molar-refractivity contribution in [3.05, 3.63) is 144 Å². The monoisotopic (exact) mass is 491 g/mol. The van der Waals surface area contributed by atoms with Crippen molar-refractivity contribution in [2.45, 2.75) is 24.5 Å². The van der Waals surface area contributed by atoms with Gasteiger partial charge >= 0.3 is 0 Å². The smallest absolute Gasteiger partial charge is 0.0699 e. The van der Waals surface area contributed by atoms with Crippen LogP contribution < -0.4 is 0 Å². The molecule has 4 aromatic carbocycles. The van der Waals surface area contributed by atoms with Gasteiger partial charge in [0.05, 0.1) is 18.1 Å². The number of methoxy groups -OCH3 is 1. The van der Waals surface area contributed by atoms with E-state index < -0.39 is 11.5 Å². The summed E-state index contributed by atoms with van der Waals surface area (Å²) in [6, 6.07) is 42.9. The van der Waals surface area contributed by atoms with Crippen LogP contribution in [0, 0.1) is 11.8 Å². The number of piperidine rings is 1. The zero-order valence-electron chi connectivity index (χ0n) is 21.6. The molecule has 37 heavy (non-hydrogen) atoms. The lowest BCUT2D eigenvalue weighted by Gasteiger charge is -2.49. The average molecular weight is 492 g/mol. The highest BCUT2D eigenvalue weighted by Gasteiger charge is 2.49. The fourth-order valence-corrected chi connectivity index (χ4v) is 6.46. The first-order valence-corrected chi connectivity index (χ1v) is 13.3. The van der Waals surface area contributed by atoms with E-state index in [1.807, 2.05) is 0 Å². The summed E-state index contributed by atoms with van der Waals surface area (Å²) in [5.74, 6) is 0.117. The van der Waals surface area contributed by atoms with E-state index in [1.165, 1.54) is 22.3 Å². The number of aliphatic hydroxyl groups excluding tert-OH is 1. The molecule has 5 rings (SSSR count). The zero-order valence-corrected chi connectivity index (χ0v) is 21.6. The Labute approximate surface area is 221 Å². The number of ether oxygens (including phenoxy) is 1. The normalized spacial score (nSPS) is 19.4. The molecule has 0 aliphatic carbocycles. The van der Waals surface area contributed by atoms with Gasteiger partial charge in [-0.05, 0) is 41.1 Å². The second-order valence-corrected chi connectivity index (χ2v) is 10.2. The van der Waals surface area contributed by atoms with Gasteiger partial charge < -0.3 is 9.84 Å². The second kappa shape index (κ2) is 11.9. The number of β-amino-alcohol motifs (C(OH)–C–C–N with tert-alkyl or cyclic N) is 1. The van der Waals surface area contributed by atoms with Gasteiger partial charge in [-0.1, -0.05) is 121 Å². The van der Waals surface area contributed by atoms with Gasteiger partial charge in [0.2, 0.25) is 0 Å². The SMILES string of the molecule is COCC(C1CCN(Cc2ccccc2)CC1O)C(c1ccccc1)(c1ccccc1)c1ccccc1. The molecule has 0 amide bonds. The van der Waals surface area contributed by atoms with E-state index >= 15 is 0 Å². The molecule has 0 aromatic heterocycles. The standard InChI is InChI=1S/C34H37NO2/c1-37-26-32(31-22-23-35(25-33(31)36)24-27-14-6-2-7-15-27)34(28-16-8-3-9-17-28,29-18-10-4-11-19-29)30-20-12-5-13-21-30/h2-21,31-33,36H,22-26H2,1H3. The highest BCUT2D eigenvalue weighted by Crippen LogP contribution is 2.50. The van der Waals surface area contributed by atoms with Gasteiger partial charge in [0, 0.05) is 26.1 Å². The van der Waals surface area contributed by atoms with Gasteiger partial charge in [-0.2, -0.15) is 0 Å². The molecule has 0 saturated carbocycles. The Kier molecular flexibility index (Phi) is 8.15. The maximum Gasteiger partial charge on any atom is 0.0699 e. The summed E-state index contributed by atoms with van der Waals surface area (Å²) >= 11 is 0. The van der Waals surface area contributed by atoms with Crippen molar-refractivity contribution >= 4 is 0 Å². The molecule has 3 heteroatoms. The van der Waals surface area contributed by atoms with Crippen molar-refractivity contribution in [3.8, 4) is 0 Å². The molecular weight excluding hydrogens is 454 g/mol. The molecule has 4 aromatic rings. The summed E-state index contributed by atoms with van der Waals surface area (Å²) in [4.78, 5) is 2.38. The molecular formula is C34H37NO2. The third-order valence-electron chi connectivity index (χ3n) is 8.07. The first kappa shape index (κ1) is 25.4. The van der Waals surface area contributed by atoms with Crippen LogP contribution in [0.4, 0.5) is 0 Å². The number of aliphatic hydroxyl groups is 1. The van der Waals surface area contributed by atoms with Gasteiger partial charge in [-0.25, -0.2) is 0 Å². The van der Waals surface area contributed by atoms with E-state index in [2.05, 4.69) is 126 Å². The van der Waals surface area contributed by atoms with Crippen molar-refractivity contribution in [1.29, 1.82) is 0 Å². The van der Waals surface area contributed by atoms with Crippen molar-refractivity contribution in [2.75, 3.05) is 26.8 Å². The Morgan fingerprint density at radius 2 is 1.22 bits per heavy atom. The molecule has 3 atom stereocenters. The van der Waals surface area contributed by atoms with Crippen LogP contribution in [-0.4, -0.2) is 42.9 Å². The zero-order chi connectivity index (χ0) is 25.5. The van der Waals surface area contributed by atoms with Crippen LogP contribution in [0.3, 0.4) is 0 Å². The molecule has 1 aliphatic heterocycles. The summed E-state index contributed by atoms with van der Waals surface area (Å²) in [7, 11) is 1.79. The Balaban J connectivity index is 1.59. The molecule has 0 spiro atoms. The molecule has 190 valence electrons. The summed E-state index contributed by atoms with van der Waals surface area (Å²) in [5.41, 5.74) is 4.51. The lowest BCUT2D eigenvalue weighted by atomic mass is 9.57. The van der Waals surface area contributed by atoms with Gasteiger partial charge in [-0.15, -0.1) is 0 Å². The first-order chi connectivity index (χ1) is 18.2. The van der Waals surface area contributed by atoms with Gasteiger partial charge in [0.15, 0.2) is 0 Å². The molecule has 0 bridgehead atoms. The van der Waals surface area contributed by atoms with Crippen LogP contribution in [0.1, 0.15) is 28.7 Å². The highest BCUT2D eigenvalue weighted by atomic mass is 16.5. The van der Waals surface area contributed by atoms with Crippen molar-refractivity contribution in [1.82, 2.24) is 4.90 Å². The topological polar surface area (TPSA) is 32.7 Å². The highest BCUT2D eigenvalue weighted by molar-refractivity contribution is 5.51. The maximum absolute atomic E-state index is 11.7. The summed E-state index contributed by atoms with van der Waals surface area (Å²) in [6.07, 6.45) is 0.462. The van der Waals surface area contributed by atoms with Gasteiger partial charge in [0.25, 0.3) is 0 Å². The lowest BCUT2D eigenvalue weighted by molar-refractivity contribution is -0.0365. The second-order valence-electron chi connectivity index (χ2n) is 10.2. The third kappa shape index (κ3) is 5.26. The fourth-order valence-electron chi connectivity index (χ4n) is 6.46. The summed E-state index contributed by atoms with van der Waals surface area (Å²) in [5, 5.41) is 11.7. The summed E-state index contributed by atoms with van der Waals surface area (Å²) in [6.45, 7) is 3.03. The van der Waals surface area contributed by atoms with Gasteiger partial charge in [-0.3, -0.25) is 4.90 Å². The van der Waals surface area contributed by atoms with Crippen molar-refractivity contribution in [2.24, 2.45) is 11.8 Å².